The van der Waals surface area contributed by atoms with E-state index >= 15 is 0 Å². The SMILES string of the molecule is CI.CO/N=C(\C(C)=O)C(=O)OC.COC(=O)C(N=O)=C(C)O.[Ag].[O]=[Ag]. The number of aliphatic hydroxyl groups is 1. The predicted octanol–water partition coefficient (Wildman–Crippen LogP) is 1.39. The molecule has 0 heterocycles. The predicted molar refractivity (Wildman–Crippen MR) is 90.9 cm³/mol. The molecule has 0 aromatic heterocycles. The van der Waals surface area contributed by atoms with Gasteiger partial charge < -0.3 is 19.4 Å². The van der Waals surface area contributed by atoms with Crippen molar-refractivity contribution < 1.29 is 80.5 Å². The minimum absolute atomic E-state index is 0. The van der Waals surface area contributed by atoms with Gasteiger partial charge in [0.15, 0.2) is 5.78 Å². The summed E-state index contributed by atoms with van der Waals surface area (Å²) < 4.78 is 16.4. The van der Waals surface area contributed by atoms with Crippen molar-refractivity contribution in [3.63, 3.8) is 0 Å². The molecule has 1 N–H and O–H groups in total. The molecule has 26 heavy (non-hydrogen) atoms. The third kappa shape index (κ3) is 19.6. The fourth-order valence-corrected chi connectivity index (χ4v) is 0.781. The van der Waals surface area contributed by atoms with Gasteiger partial charge in [0.1, 0.15) is 12.9 Å². The molecule has 0 unspecified atom stereocenters. The summed E-state index contributed by atoms with van der Waals surface area (Å²) in [6.45, 7) is 2.38. The number of esters is 2. The number of hydrogen-bond donors (Lipinski definition) is 1. The monoisotopic (exact) mass is 676 g/mol. The van der Waals surface area contributed by atoms with Crippen LogP contribution in [0.25, 0.3) is 0 Å². The molecular formula is C12H19Ag2IN2O9. The van der Waals surface area contributed by atoms with Crippen LogP contribution in [0, 0.1) is 4.91 Å². The van der Waals surface area contributed by atoms with E-state index in [1.165, 1.54) is 21.0 Å². The van der Waals surface area contributed by atoms with Crippen LogP contribution >= 0.6 is 22.6 Å². The molecule has 160 valence electrons. The van der Waals surface area contributed by atoms with Crippen molar-refractivity contribution in [1.29, 1.82) is 0 Å². The number of ketones is 1. The summed E-state index contributed by atoms with van der Waals surface area (Å²) in [5.74, 6) is -2.66. The Labute approximate surface area is 192 Å². The molecule has 1 radical (unpaired) electrons. The van der Waals surface area contributed by atoms with Crippen molar-refractivity contribution in [2.45, 2.75) is 13.8 Å². The van der Waals surface area contributed by atoms with E-state index < -0.39 is 29.2 Å². The molecule has 0 spiro atoms. The minimum atomic E-state index is -0.935. The zero-order valence-corrected chi connectivity index (χ0v) is 19.7. The summed E-state index contributed by atoms with van der Waals surface area (Å²) in [7, 11) is 3.50. The Morgan fingerprint density at radius 1 is 0.962 bits per heavy atom. The quantitative estimate of drug-likeness (QED) is 0.0434. The number of Topliss-reactive ketones (excluding diaryl/α,β-unsaturated/α-hetero) is 1. The summed E-state index contributed by atoms with van der Waals surface area (Å²) in [4.78, 5) is 47.8. The van der Waals surface area contributed by atoms with Crippen molar-refractivity contribution in [3.8, 4) is 0 Å². The molecule has 0 aliphatic heterocycles. The first kappa shape index (κ1) is 36.2. The van der Waals surface area contributed by atoms with Crippen LogP contribution in [0.3, 0.4) is 0 Å². The number of methoxy groups -OCH3 is 2. The summed E-state index contributed by atoms with van der Waals surface area (Å²) in [6.07, 6.45) is 0. The Morgan fingerprint density at radius 2 is 1.35 bits per heavy atom. The van der Waals surface area contributed by atoms with E-state index in [1.807, 2.05) is 4.93 Å². The van der Waals surface area contributed by atoms with Crippen LogP contribution in [0.4, 0.5) is 0 Å². The Bertz CT molecular complexity index is 495. The fourth-order valence-electron chi connectivity index (χ4n) is 0.781. The number of halogens is 1. The molecule has 0 atom stereocenters. The number of nitroso groups, excluding NO2 is 1. The van der Waals surface area contributed by atoms with E-state index in [2.05, 4.69) is 47.2 Å². The van der Waals surface area contributed by atoms with Gasteiger partial charge >= 0.3 is 36.2 Å². The van der Waals surface area contributed by atoms with Crippen molar-refractivity contribution in [2.24, 2.45) is 10.3 Å². The Kier molecular flexibility index (Phi) is 36.8. The first-order chi connectivity index (χ1) is 11.8. The van der Waals surface area contributed by atoms with Gasteiger partial charge in [-0.1, -0.05) is 27.7 Å². The maximum atomic E-state index is 10.7. The number of aliphatic hydroxyl groups excluding tert-OH is 1. The van der Waals surface area contributed by atoms with E-state index in [4.69, 9.17) is 8.36 Å². The van der Waals surface area contributed by atoms with Crippen LogP contribution in [0.15, 0.2) is 21.8 Å². The third-order valence-corrected chi connectivity index (χ3v) is 1.71. The third-order valence-electron chi connectivity index (χ3n) is 1.71. The number of alkyl halides is 1. The molecule has 0 rings (SSSR count). The fraction of sp³-hybridized carbons (Fsp3) is 0.500. The van der Waals surface area contributed by atoms with Gasteiger partial charge in [0.2, 0.25) is 11.4 Å². The molecule has 0 aliphatic carbocycles. The Balaban J connectivity index is -0.0000000919. The Morgan fingerprint density at radius 3 is 1.50 bits per heavy atom. The average Bonchev–Trinajstić information content (AvgIpc) is 2.62. The van der Waals surface area contributed by atoms with E-state index in [9.17, 15) is 19.3 Å². The second kappa shape index (κ2) is 26.5. The van der Waals surface area contributed by atoms with Crippen molar-refractivity contribution in [1.82, 2.24) is 0 Å². The van der Waals surface area contributed by atoms with Crippen LogP contribution in [0.1, 0.15) is 13.8 Å². The van der Waals surface area contributed by atoms with Crippen molar-refractivity contribution in [3.05, 3.63) is 16.4 Å². The second-order valence-corrected chi connectivity index (χ2v) is 3.19. The average molecular weight is 678 g/mol. The van der Waals surface area contributed by atoms with Gasteiger partial charge in [-0.15, -0.1) is 4.91 Å². The summed E-state index contributed by atoms with van der Waals surface area (Å²) in [6, 6.07) is 0. The van der Waals surface area contributed by atoms with Gasteiger partial charge in [0.05, 0.1) is 14.2 Å². The molecule has 0 amide bonds. The van der Waals surface area contributed by atoms with Crippen LogP contribution in [0.2, 0.25) is 0 Å². The molecule has 0 saturated carbocycles. The Hall–Kier alpha value is -0.769. The van der Waals surface area contributed by atoms with Crippen LogP contribution < -0.4 is 0 Å². The molecule has 14 heteroatoms. The standard InChI is InChI=1S/C6H9NO4.C5H7NO4.CH3I.2Ag.O/c1-4(8)5(7-11-3)6(9)10-2;1-3(7)4(6-9)5(8)10-2;1-2;;;/h1-3H3;7H,1-2H3;1H3;;;/b7-5+;;;;;. The van der Waals surface area contributed by atoms with Gasteiger partial charge in [-0.2, -0.15) is 0 Å². The zero-order chi connectivity index (χ0) is 21.0. The molecule has 0 fully saturated rings. The topological polar surface area (TPSA) is 158 Å². The number of allylic oxidation sites excluding steroid dienone is 1. The van der Waals surface area contributed by atoms with Gasteiger partial charge in [-0.3, -0.25) is 4.79 Å². The molecule has 11 nitrogen and oxygen atoms in total. The van der Waals surface area contributed by atoms with Crippen LogP contribution in [-0.4, -0.2) is 54.8 Å². The van der Waals surface area contributed by atoms with E-state index in [-0.39, 0.29) is 28.1 Å². The zero-order valence-electron chi connectivity index (χ0n) is 14.6. The van der Waals surface area contributed by atoms with Crippen LogP contribution in [0.5, 0.6) is 0 Å². The van der Waals surface area contributed by atoms with Gasteiger partial charge in [-0.05, 0) is 17.0 Å². The molecule has 0 aromatic rings. The summed E-state index contributed by atoms with van der Waals surface area (Å²) in [5, 5.41) is 14.0. The van der Waals surface area contributed by atoms with Crippen molar-refractivity contribution >= 4 is 46.0 Å². The second-order valence-electron chi connectivity index (χ2n) is 3.19. The van der Waals surface area contributed by atoms with E-state index in [1.54, 1.807) is 21.0 Å². The summed E-state index contributed by atoms with van der Waals surface area (Å²) >= 11 is 3.85. The number of nitrogens with zero attached hydrogens (tertiary/aromatic N) is 2. The number of hydrogen-bond acceptors (Lipinski definition) is 11. The molecule has 0 bridgehead atoms. The number of rotatable bonds is 5. The van der Waals surface area contributed by atoms with Crippen LogP contribution in [-0.2, 0) is 75.4 Å². The normalized spacial score (nSPS) is 9.50. The number of oxime groups is 1. The van der Waals surface area contributed by atoms with Crippen molar-refractivity contribution in [2.75, 3.05) is 26.3 Å². The molecule has 0 aromatic carbocycles. The van der Waals surface area contributed by atoms with Gasteiger partial charge in [0.25, 0.3) is 0 Å². The first-order valence-corrected chi connectivity index (χ1v) is 8.55. The number of carbonyl (C=O) groups is 3. The maximum absolute atomic E-state index is 10.7. The van der Waals surface area contributed by atoms with E-state index in [0.717, 1.165) is 14.2 Å². The molecule has 0 saturated heterocycles. The first-order valence-electron chi connectivity index (χ1n) is 5.78. The van der Waals surface area contributed by atoms with E-state index in [0.29, 0.717) is 0 Å². The van der Waals surface area contributed by atoms with Gasteiger partial charge in [-0.25, -0.2) is 9.59 Å². The molecular weight excluding hydrogens is 659 g/mol. The number of ether oxygens (including phenoxy) is 2. The number of carbonyl (C=O) groups excluding carboxylic acids is 3. The molecule has 0 aliphatic rings. The summed E-state index contributed by atoms with van der Waals surface area (Å²) in [5.41, 5.74) is -0.933. The van der Waals surface area contributed by atoms with Gasteiger partial charge in [0, 0.05) is 29.3 Å².